The number of aromatic nitrogens is 1. The molecular formula is C22H15N. The first-order valence-electron chi connectivity index (χ1n) is 7.94. The Kier molecular flexibility index (Phi) is 2.62. The van der Waals surface area contributed by atoms with E-state index in [4.69, 9.17) is 0 Å². The maximum Gasteiger partial charge on any atom is 0.0349 e. The van der Waals surface area contributed by atoms with Crippen molar-refractivity contribution in [2.75, 3.05) is 0 Å². The van der Waals surface area contributed by atoms with Gasteiger partial charge in [-0.25, -0.2) is 0 Å². The summed E-state index contributed by atoms with van der Waals surface area (Å²) < 4.78 is 0. The fraction of sp³-hybridized carbons (Fsp3) is 0.0455. The predicted octanol–water partition coefficient (Wildman–Crippen LogP) is 5.47. The maximum absolute atomic E-state index is 4.36. The van der Waals surface area contributed by atoms with Crippen LogP contribution in [0.4, 0.5) is 0 Å². The monoisotopic (exact) mass is 293 g/mol. The second-order valence-corrected chi connectivity index (χ2v) is 6.11. The van der Waals surface area contributed by atoms with Crippen molar-refractivity contribution in [3.05, 3.63) is 90.3 Å². The molecule has 5 rings (SSSR count). The molecule has 0 fully saturated rings. The molecule has 1 nitrogen and oxygen atoms in total. The molecule has 0 saturated carbocycles. The van der Waals surface area contributed by atoms with Crippen LogP contribution in [0.25, 0.3) is 33.0 Å². The first-order chi connectivity index (χ1) is 11.4. The summed E-state index contributed by atoms with van der Waals surface area (Å²) in [4.78, 5) is 4.36. The van der Waals surface area contributed by atoms with Gasteiger partial charge in [0.1, 0.15) is 0 Å². The summed E-state index contributed by atoms with van der Waals surface area (Å²) in [5.74, 6) is 0. The Labute approximate surface area is 135 Å². The molecule has 1 heteroatoms. The molecule has 1 aromatic heterocycles. The highest BCUT2D eigenvalue weighted by molar-refractivity contribution is 6.04. The average molecular weight is 293 g/mol. The molecule has 0 spiro atoms. The number of pyridine rings is 1. The summed E-state index contributed by atoms with van der Waals surface area (Å²) in [7, 11) is 0. The zero-order valence-corrected chi connectivity index (χ0v) is 12.7. The molecule has 0 amide bonds. The predicted molar refractivity (Wildman–Crippen MR) is 95.4 cm³/mol. The van der Waals surface area contributed by atoms with Crippen molar-refractivity contribution in [3.8, 4) is 22.3 Å². The van der Waals surface area contributed by atoms with E-state index >= 15 is 0 Å². The van der Waals surface area contributed by atoms with Gasteiger partial charge in [0, 0.05) is 18.0 Å². The fourth-order valence-corrected chi connectivity index (χ4v) is 3.69. The van der Waals surface area contributed by atoms with Crippen LogP contribution in [0.5, 0.6) is 0 Å². The van der Waals surface area contributed by atoms with Gasteiger partial charge in [-0.3, -0.25) is 4.98 Å². The van der Waals surface area contributed by atoms with Gasteiger partial charge >= 0.3 is 0 Å². The molecule has 1 heterocycles. The van der Waals surface area contributed by atoms with E-state index in [9.17, 15) is 0 Å². The van der Waals surface area contributed by atoms with Gasteiger partial charge in [-0.1, -0.05) is 48.5 Å². The lowest BCUT2D eigenvalue weighted by molar-refractivity contribution is 1.16. The second-order valence-electron chi connectivity index (χ2n) is 6.11. The van der Waals surface area contributed by atoms with E-state index in [1.807, 2.05) is 12.4 Å². The van der Waals surface area contributed by atoms with E-state index in [0.717, 1.165) is 6.42 Å². The molecule has 0 bridgehead atoms. The van der Waals surface area contributed by atoms with Crippen molar-refractivity contribution in [2.45, 2.75) is 6.42 Å². The first-order valence-corrected chi connectivity index (χ1v) is 7.94. The Morgan fingerprint density at radius 2 is 1.61 bits per heavy atom. The molecule has 0 N–H and O–H groups in total. The number of nitrogens with zero attached hydrogens (tertiary/aromatic N) is 1. The van der Waals surface area contributed by atoms with Crippen molar-refractivity contribution in [3.63, 3.8) is 0 Å². The third kappa shape index (κ3) is 1.90. The minimum atomic E-state index is 0.993. The lowest BCUT2D eigenvalue weighted by atomic mass is 9.83. The van der Waals surface area contributed by atoms with E-state index in [1.54, 1.807) is 0 Å². The summed E-state index contributed by atoms with van der Waals surface area (Å²) in [5.41, 5.74) is 7.88. The van der Waals surface area contributed by atoms with Crippen LogP contribution in [0.3, 0.4) is 0 Å². The molecule has 0 saturated heterocycles. The Bertz CT molecular complexity index is 1030. The van der Waals surface area contributed by atoms with E-state index in [2.05, 4.69) is 71.7 Å². The van der Waals surface area contributed by atoms with Gasteiger partial charge in [-0.05, 0) is 63.2 Å². The molecular weight excluding hydrogens is 278 g/mol. The van der Waals surface area contributed by atoms with Crippen LogP contribution in [-0.2, 0) is 6.42 Å². The Morgan fingerprint density at radius 1 is 0.696 bits per heavy atom. The van der Waals surface area contributed by atoms with Gasteiger partial charge in [-0.15, -0.1) is 0 Å². The minimum Gasteiger partial charge on any atom is -0.264 e. The summed E-state index contributed by atoms with van der Waals surface area (Å²) in [6.45, 7) is 0. The van der Waals surface area contributed by atoms with Crippen LogP contribution in [-0.4, -0.2) is 4.98 Å². The van der Waals surface area contributed by atoms with E-state index in [0.29, 0.717) is 0 Å². The van der Waals surface area contributed by atoms with Crippen LogP contribution in [0.15, 0.2) is 79.1 Å². The Morgan fingerprint density at radius 3 is 2.52 bits per heavy atom. The van der Waals surface area contributed by atoms with Crippen LogP contribution >= 0.6 is 0 Å². The number of rotatable bonds is 1. The largest absolute Gasteiger partial charge is 0.264 e. The third-order valence-corrected chi connectivity index (χ3v) is 4.75. The van der Waals surface area contributed by atoms with Crippen molar-refractivity contribution in [2.24, 2.45) is 0 Å². The number of hydrogen-bond acceptors (Lipinski definition) is 1. The molecule has 4 aromatic rings. The normalized spacial score (nSPS) is 12.2. The molecule has 0 atom stereocenters. The topological polar surface area (TPSA) is 12.9 Å². The SMILES string of the molecule is c1ccc(-c2cc3c4c(cccc4c2)Cc2ccncc2-3)cc1. The second kappa shape index (κ2) is 4.79. The molecule has 23 heavy (non-hydrogen) atoms. The van der Waals surface area contributed by atoms with Gasteiger partial charge in [0.2, 0.25) is 0 Å². The molecule has 1 aliphatic rings. The Hall–Kier alpha value is -2.93. The molecule has 108 valence electrons. The van der Waals surface area contributed by atoms with Crippen molar-refractivity contribution < 1.29 is 0 Å². The smallest absolute Gasteiger partial charge is 0.0349 e. The standard InChI is InChI=1S/C22H15N/c1-2-5-15(6-3-1)19-12-18-8-4-7-17-11-16-9-10-23-14-21(16)20(13-19)22(17)18/h1-10,12-14H,11H2. The van der Waals surface area contributed by atoms with Gasteiger partial charge in [0.25, 0.3) is 0 Å². The van der Waals surface area contributed by atoms with E-state index < -0.39 is 0 Å². The van der Waals surface area contributed by atoms with Crippen LogP contribution in [0, 0.1) is 0 Å². The van der Waals surface area contributed by atoms with Crippen LogP contribution < -0.4 is 0 Å². The summed E-state index contributed by atoms with van der Waals surface area (Å²) in [6, 6.07) is 24.0. The zero-order valence-electron chi connectivity index (χ0n) is 12.7. The van der Waals surface area contributed by atoms with Crippen molar-refractivity contribution in [1.82, 2.24) is 4.98 Å². The molecule has 3 aromatic carbocycles. The van der Waals surface area contributed by atoms with Gasteiger partial charge in [0.15, 0.2) is 0 Å². The molecule has 0 aliphatic heterocycles. The van der Waals surface area contributed by atoms with E-state index in [1.165, 1.54) is 44.2 Å². The fourth-order valence-electron chi connectivity index (χ4n) is 3.69. The third-order valence-electron chi connectivity index (χ3n) is 4.75. The first kappa shape index (κ1) is 12.6. The summed E-state index contributed by atoms with van der Waals surface area (Å²) in [6.07, 6.45) is 4.90. The van der Waals surface area contributed by atoms with E-state index in [-0.39, 0.29) is 0 Å². The Balaban J connectivity index is 1.89. The van der Waals surface area contributed by atoms with Crippen LogP contribution in [0.1, 0.15) is 11.1 Å². The van der Waals surface area contributed by atoms with Crippen LogP contribution in [0.2, 0.25) is 0 Å². The highest BCUT2D eigenvalue weighted by atomic mass is 14.6. The van der Waals surface area contributed by atoms with Gasteiger partial charge in [0.05, 0.1) is 0 Å². The lowest BCUT2D eigenvalue weighted by Crippen LogP contribution is -2.01. The van der Waals surface area contributed by atoms with Gasteiger partial charge < -0.3 is 0 Å². The molecule has 0 radical (unpaired) electrons. The zero-order chi connectivity index (χ0) is 15.2. The molecule has 1 aliphatic carbocycles. The minimum absolute atomic E-state index is 0.993. The summed E-state index contributed by atoms with van der Waals surface area (Å²) in [5, 5.41) is 2.70. The highest BCUT2D eigenvalue weighted by Crippen LogP contribution is 2.41. The summed E-state index contributed by atoms with van der Waals surface area (Å²) >= 11 is 0. The quantitative estimate of drug-likeness (QED) is 0.399. The lowest BCUT2D eigenvalue weighted by Gasteiger charge is -2.21. The van der Waals surface area contributed by atoms with Crippen molar-refractivity contribution >= 4 is 10.8 Å². The van der Waals surface area contributed by atoms with Crippen molar-refractivity contribution in [1.29, 1.82) is 0 Å². The molecule has 0 unspecified atom stereocenters. The number of benzene rings is 3. The number of hydrogen-bond donors (Lipinski definition) is 0. The maximum atomic E-state index is 4.36. The highest BCUT2D eigenvalue weighted by Gasteiger charge is 2.19. The van der Waals surface area contributed by atoms with Gasteiger partial charge in [-0.2, -0.15) is 0 Å². The number of fused-ring (bicyclic) bond motifs is 2. The average Bonchev–Trinajstić information content (AvgIpc) is 2.62.